The van der Waals surface area contributed by atoms with Gasteiger partial charge in [-0.3, -0.25) is 0 Å². The second-order valence-corrected chi connectivity index (χ2v) is 7.47. The van der Waals surface area contributed by atoms with Crippen molar-refractivity contribution in [3.63, 3.8) is 0 Å². The molecule has 1 unspecified atom stereocenters. The monoisotopic (exact) mass is 293 g/mol. The van der Waals surface area contributed by atoms with E-state index in [1.54, 1.807) is 0 Å². The maximum Gasteiger partial charge on any atom is 0.108 e. The summed E-state index contributed by atoms with van der Waals surface area (Å²) >= 11 is 5.91. The maximum atomic E-state index is 11.3. The minimum absolute atomic E-state index is 0.233. The molecule has 1 aliphatic carbocycles. The van der Waals surface area contributed by atoms with Gasteiger partial charge in [0.15, 0.2) is 0 Å². The molecule has 20 heavy (non-hydrogen) atoms. The second kappa shape index (κ2) is 4.87. The summed E-state index contributed by atoms with van der Waals surface area (Å²) in [4.78, 5) is 0. The lowest BCUT2D eigenvalue weighted by molar-refractivity contribution is -0.0640. The van der Waals surface area contributed by atoms with Crippen LogP contribution in [0, 0.1) is 5.41 Å². The lowest BCUT2D eigenvalue weighted by Crippen LogP contribution is -2.62. The summed E-state index contributed by atoms with van der Waals surface area (Å²) in [5.74, 6) is 0. The van der Waals surface area contributed by atoms with Gasteiger partial charge >= 0.3 is 0 Å². The number of nitrogens with two attached hydrogens (primary N) is 1. The molecule has 1 saturated carbocycles. The van der Waals surface area contributed by atoms with Crippen molar-refractivity contribution in [2.75, 3.05) is 0 Å². The van der Waals surface area contributed by atoms with Crippen LogP contribution in [-0.2, 0) is 0 Å². The Morgan fingerprint density at radius 1 is 1.25 bits per heavy atom. The van der Waals surface area contributed by atoms with Gasteiger partial charge in [0, 0.05) is 10.6 Å². The number of halogens is 1. The summed E-state index contributed by atoms with van der Waals surface area (Å²) in [6, 6.07) is 7.65. The van der Waals surface area contributed by atoms with E-state index in [0.29, 0.717) is 5.02 Å². The molecule has 1 aliphatic rings. The van der Waals surface area contributed by atoms with Crippen LogP contribution in [0.3, 0.4) is 0 Å². The Labute approximate surface area is 126 Å². The fraction of sp³-hybridized carbons (Fsp3) is 0.529. The van der Waals surface area contributed by atoms with Gasteiger partial charge in [-0.05, 0) is 55.4 Å². The van der Waals surface area contributed by atoms with E-state index in [9.17, 15) is 5.11 Å². The van der Waals surface area contributed by atoms with Gasteiger partial charge < -0.3 is 10.8 Å². The molecule has 2 rings (SSSR count). The van der Waals surface area contributed by atoms with E-state index in [4.69, 9.17) is 17.3 Å². The molecule has 3 N–H and O–H groups in total. The second-order valence-electron chi connectivity index (χ2n) is 7.04. The molecule has 0 aromatic heterocycles. The Hall–Kier alpha value is -0.830. The zero-order valence-electron chi connectivity index (χ0n) is 12.7. The molecule has 1 fully saturated rings. The lowest BCUT2D eigenvalue weighted by atomic mass is 9.66. The van der Waals surface area contributed by atoms with Gasteiger partial charge in [0.1, 0.15) is 5.60 Å². The van der Waals surface area contributed by atoms with E-state index in [2.05, 4.69) is 19.9 Å². The van der Waals surface area contributed by atoms with Gasteiger partial charge in [0.25, 0.3) is 0 Å². The maximum absolute atomic E-state index is 11.3. The molecule has 0 bridgehead atoms. The van der Waals surface area contributed by atoms with E-state index >= 15 is 0 Å². The zero-order valence-corrected chi connectivity index (χ0v) is 13.5. The summed E-state index contributed by atoms with van der Waals surface area (Å²) in [5, 5.41) is 12.0. The van der Waals surface area contributed by atoms with Crippen molar-refractivity contribution in [2.24, 2.45) is 11.1 Å². The Kier molecular flexibility index (Phi) is 3.79. The van der Waals surface area contributed by atoms with Crippen LogP contribution < -0.4 is 5.73 Å². The molecule has 0 heterocycles. The first-order valence-corrected chi connectivity index (χ1v) is 7.44. The fourth-order valence-electron chi connectivity index (χ4n) is 3.47. The highest BCUT2D eigenvalue weighted by Crippen LogP contribution is 2.54. The van der Waals surface area contributed by atoms with Gasteiger partial charge in [-0.15, -0.1) is 0 Å². The van der Waals surface area contributed by atoms with Gasteiger partial charge in [0.05, 0.1) is 0 Å². The molecule has 0 saturated heterocycles. The first-order chi connectivity index (χ1) is 9.08. The molecular weight excluding hydrogens is 270 g/mol. The van der Waals surface area contributed by atoms with Crippen LogP contribution in [0.2, 0.25) is 5.02 Å². The van der Waals surface area contributed by atoms with Crippen LogP contribution in [-0.4, -0.2) is 16.2 Å². The van der Waals surface area contributed by atoms with Crippen molar-refractivity contribution in [1.82, 2.24) is 0 Å². The molecule has 0 radical (unpaired) electrons. The summed E-state index contributed by atoms with van der Waals surface area (Å²) in [6.45, 7) is 7.97. The summed E-state index contributed by atoms with van der Waals surface area (Å²) in [5.41, 5.74) is 6.44. The number of hydrogen-bond donors (Lipinski definition) is 2. The fourth-order valence-corrected chi connectivity index (χ4v) is 3.59. The highest BCUT2D eigenvalue weighted by atomic mass is 35.5. The minimum atomic E-state index is -1.00. The average Bonchev–Trinajstić information content (AvgIpc) is 2.56. The quantitative estimate of drug-likeness (QED) is 0.865. The van der Waals surface area contributed by atoms with Crippen molar-refractivity contribution in [2.45, 2.75) is 51.7 Å². The predicted molar refractivity (Wildman–Crippen MR) is 85.7 cm³/mol. The highest BCUT2D eigenvalue weighted by molar-refractivity contribution is 6.30. The van der Waals surface area contributed by atoms with Crippen molar-refractivity contribution < 1.29 is 5.11 Å². The van der Waals surface area contributed by atoms with E-state index in [1.807, 2.05) is 38.1 Å². The standard InChI is InChI=1S/C17H24ClNO/c1-15(2)10-9-13(17(15,20)16(3,4)19)11-12-5-7-14(18)8-6-12/h5-8,11,20H,9-10,19H2,1-4H3/b13-11-. The normalized spacial score (nSPS) is 28.1. The molecule has 110 valence electrons. The van der Waals surface area contributed by atoms with Crippen LogP contribution in [0.25, 0.3) is 6.08 Å². The third kappa shape index (κ3) is 2.41. The van der Waals surface area contributed by atoms with Crippen molar-refractivity contribution in [1.29, 1.82) is 0 Å². The van der Waals surface area contributed by atoms with Crippen molar-refractivity contribution >= 4 is 17.7 Å². The van der Waals surface area contributed by atoms with Crippen LogP contribution in [0.5, 0.6) is 0 Å². The van der Waals surface area contributed by atoms with E-state index in [-0.39, 0.29) is 5.41 Å². The molecule has 0 aliphatic heterocycles. The largest absolute Gasteiger partial charge is 0.383 e. The van der Waals surface area contributed by atoms with Gasteiger partial charge in [-0.1, -0.05) is 43.7 Å². The van der Waals surface area contributed by atoms with Crippen molar-refractivity contribution in [3.8, 4) is 0 Å². The first kappa shape index (κ1) is 15.6. The van der Waals surface area contributed by atoms with Gasteiger partial charge in [0.2, 0.25) is 0 Å². The van der Waals surface area contributed by atoms with Crippen LogP contribution >= 0.6 is 11.6 Å². The molecular formula is C17H24ClNO. The van der Waals surface area contributed by atoms with E-state index in [1.165, 1.54) is 0 Å². The number of rotatable bonds is 2. The number of benzene rings is 1. The minimum Gasteiger partial charge on any atom is -0.383 e. The highest BCUT2D eigenvalue weighted by Gasteiger charge is 2.57. The predicted octanol–water partition coefficient (Wildman–Crippen LogP) is 4.01. The molecule has 0 amide bonds. The number of hydrogen-bond acceptors (Lipinski definition) is 2. The third-order valence-corrected chi connectivity index (χ3v) is 4.86. The van der Waals surface area contributed by atoms with E-state index < -0.39 is 11.1 Å². The Balaban J connectivity index is 2.48. The molecule has 0 spiro atoms. The SMILES string of the molecule is CC(C)(N)C1(O)/C(=C\c2ccc(Cl)cc2)CCC1(C)C. The number of aliphatic hydroxyl groups is 1. The topological polar surface area (TPSA) is 46.2 Å². The zero-order chi connectivity index (χ0) is 15.2. The summed E-state index contributed by atoms with van der Waals surface area (Å²) in [6.07, 6.45) is 3.86. The third-order valence-electron chi connectivity index (χ3n) is 4.61. The molecule has 1 atom stereocenters. The Morgan fingerprint density at radius 2 is 1.80 bits per heavy atom. The van der Waals surface area contributed by atoms with Crippen LogP contribution in [0.15, 0.2) is 29.8 Å². The molecule has 2 nitrogen and oxygen atoms in total. The van der Waals surface area contributed by atoms with E-state index in [0.717, 1.165) is 24.0 Å². The van der Waals surface area contributed by atoms with Crippen LogP contribution in [0.4, 0.5) is 0 Å². The summed E-state index contributed by atoms with van der Waals surface area (Å²) in [7, 11) is 0. The first-order valence-electron chi connectivity index (χ1n) is 7.06. The smallest absolute Gasteiger partial charge is 0.108 e. The molecule has 1 aromatic rings. The van der Waals surface area contributed by atoms with Crippen LogP contribution in [0.1, 0.15) is 46.1 Å². The lowest BCUT2D eigenvalue weighted by Gasteiger charge is -2.47. The Bertz CT molecular complexity index is 525. The Morgan fingerprint density at radius 3 is 2.30 bits per heavy atom. The average molecular weight is 294 g/mol. The van der Waals surface area contributed by atoms with Crippen molar-refractivity contribution in [3.05, 3.63) is 40.4 Å². The molecule has 1 aromatic carbocycles. The van der Waals surface area contributed by atoms with Gasteiger partial charge in [-0.2, -0.15) is 0 Å². The summed E-state index contributed by atoms with van der Waals surface area (Å²) < 4.78 is 0. The molecule has 3 heteroatoms. The van der Waals surface area contributed by atoms with Gasteiger partial charge in [-0.25, -0.2) is 0 Å².